The first-order chi connectivity index (χ1) is 11.9. The van der Waals surface area contributed by atoms with E-state index in [0.29, 0.717) is 17.1 Å². The Hall–Kier alpha value is -0.760. The second-order valence-electron chi connectivity index (χ2n) is 6.97. The van der Waals surface area contributed by atoms with Gasteiger partial charge in [0.1, 0.15) is 11.0 Å². The molecule has 3 rings (SSSR count). The van der Waals surface area contributed by atoms with Gasteiger partial charge in [-0.1, -0.05) is 20.8 Å². The standard InChI is InChI=1S/C11H20N4OS.C5H10O.C2H6/c1-14-7-11(13-8-14)17(16)15(2)10-5-3-9(12)4-6-10;1-4-2-5(6)3-4;1-2/h7-10H,3-6,12H2,1-2H3;4-6H,2-3H2,1H3;1-2H3. The van der Waals surface area contributed by atoms with E-state index in [1.54, 1.807) is 12.5 Å². The molecule has 1 aromatic heterocycles. The maximum absolute atomic E-state index is 12.3. The fourth-order valence-electron chi connectivity index (χ4n) is 3.09. The molecule has 0 bridgehead atoms. The molecule has 1 aromatic rings. The number of nitrogens with zero attached hydrogens (tertiary/aromatic N) is 3. The summed E-state index contributed by atoms with van der Waals surface area (Å²) in [7, 11) is 2.64. The molecule has 146 valence electrons. The number of aliphatic hydroxyl groups is 1. The van der Waals surface area contributed by atoms with Crippen LogP contribution >= 0.6 is 0 Å². The molecule has 7 heteroatoms. The maximum atomic E-state index is 12.3. The van der Waals surface area contributed by atoms with Crippen molar-refractivity contribution in [2.45, 2.75) is 82.5 Å². The Morgan fingerprint density at radius 2 is 1.84 bits per heavy atom. The number of aliphatic hydroxyl groups excluding tert-OH is 1. The summed E-state index contributed by atoms with van der Waals surface area (Å²) in [4.78, 5) is 4.14. The highest BCUT2D eigenvalue weighted by Gasteiger charge is 2.26. The van der Waals surface area contributed by atoms with Crippen molar-refractivity contribution in [1.82, 2.24) is 13.9 Å². The molecule has 1 atom stereocenters. The van der Waals surface area contributed by atoms with Crippen molar-refractivity contribution in [3.63, 3.8) is 0 Å². The normalized spacial score (nSPS) is 29.6. The Balaban J connectivity index is 0.000000326. The Labute approximate surface area is 155 Å². The van der Waals surface area contributed by atoms with Crippen molar-refractivity contribution in [2.24, 2.45) is 18.7 Å². The Morgan fingerprint density at radius 3 is 2.20 bits per heavy atom. The number of aromatic nitrogens is 2. The lowest BCUT2D eigenvalue weighted by Gasteiger charge is -2.31. The summed E-state index contributed by atoms with van der Waals surface area (Å²) >= 11 is 0. The predicted octanol–water partition coefficient (Wildman–Crippen LogP) is 2.45. The maximum Gasteiger partial charge on any atom is 0.160 e. The van der Waals surface area contributed by atoms with Gasteiger partial charge in [-0.2, -0.15) is 0 Å². The van der Waals surface area contributed by atoms with Crippen LogP contribution in [0.2, 0.25) is 0 Å². The first-order valence-corrected chi connectivity index (χ1v) is 10.5. The minimum atomic E-state index is -1.16. The first-order valence-electron chi connectivity index (χ1n) is 9.43. The largest absolute Gasteiger partial charge is 0.393 e. The average molecular weight is 373 g/mol. The molecule has 0 amide bonds. The fourth-order valence-corrected chi connectivity index (χ4v) is 4.26. The average Bonchev–Trinajstić information content (AvgIpc) is 3.02. The van der Waals surface area contributed by atoms with Gasteiger partial charge >= 0.3 is 0 Å². The van der Waals surface area contributed by atoms with Crippen LogP contribution in [0, 0.1) is 5.92 Å². The van der Waals surface area contributed by atoms with Crippen LogP contribution in [0.15, 0.2) is 17.6 Å². The van der Waals surface area contributed by atoms with Gasteiger partial charge in [-0.25, -0.2) is 13.5 Å². The zero-order valence-corrected chi connectivity index (χ0v) is 17.2. The SMILES string of the molecule is CC.CC1CC(O)C1.CN(C1CCC(N)CC1)S(=O)c1cn(C)cn1. The molecule has 2 aliphatic carbocycles. The number of hydrogen-bond acceptors (Lipinski definition) is 4. The summed E-state index contributed by atoms with van der Waals surface area (Å²) in [5.41, 5.74) is 5.88. The van der Waals surface area contributed by atoms with Crippen molar-refractivity contribution in [3.05, 3.63) is 12.5 Å². The summed E-state index contributed by atoms with van der Waals surface area (Å²) in [6, 6.07) is 0.681. The third-order valence-electron chi connectivity index (χ3n) is 4.73. The second kappa shape index (κ2) is 11.1. The van der Waals surface area contributed by atoms with Crippen molar-refractivity contribution in [2.75, 3.05) is 7.05 Å². The zero-order valence-electron chi connectivity index (χ0n) is 16.4. The van der Waals surface area contributed by atoms with Gasteiger partial charge in [0, 0.05) is 32.4 Å². The number of nitrogens with two attached hydrogens (primary N) is 1. The molecule has 0 radical (unpaired) electrons. The molecule has 0 aliphatic heterocycles. The van der Waals surface area contributed by atoms with Gasteiger partial charge in [-0.3, -0.25) is 0 Å². The summed E-state index contributed by atoms with van der Waals surface area (Å²) in [5, 5.41) is 9.25. The molecular formula is C18H36N4O2S. The van der Waals surface area contributed by atoms with E-state index < -0.39 is 11.0 Å². The van der Waals surface area contributed by atoms with Crippen LogP contribution in [-0.2, 0) is 18.0 Å². The van der Waals surface area contributed by atoms with Crippen molar-refractivity contribution < 1.29 is 9.32 Å². The van der Waals surface area contributed by atoms with Gasteiger partial charge in [-0.05, 0) is 44.4 Å². The molecule has 2 fully saturated rings. The minimum absolute atomic E-state index is 0.0417. The predicted molar refractivity (Wildman–Crippen MR) is 103 cm³/mol. The van der Waals surface area contributed by atoms with E-state index in [4.69, 9.17) is 10.8 Å². The van der Waals surface area contributed by atoms with Crippen LogP contribution in [0.1, 0.15) is 59.3 Å². The smallest absolute Gasteiger partial charge is 0.160 e. The van der Waals surface area contributed by atoms with Gasteiger partial charge < -0.3 is 15.4 Å². The summed E-state index contributed by atoms with van der Waals surface area (Å²) in [5.74, 6) is 0.792. The summed E-state index contributed by atoms with van der Waals surface area (Å²) in [6.45, 7) is 6.16. The van der Waals surface area contributed by atoms with Crippen LogP contribution < -0.4 is 5.73 Å². The molecule has 6 nitrogen and oxygen atoms in total. The van der Waals surface area contributed by atoms with E-state index in [0.717, 1.165) is 44.4 Å². The van der Waals surface area contributed by atoms with Gasteiger partial charge in [0.25, 0.3) is 0 Å². The molecule has 1 heterocycles. The highest BCUT2D eigenvalue weighted by atomic mass is 32.2. The molecule has 3 N–H and O–H groups in total. The molecular weight excluding hydrogens is 336 g/mol. The van der Waals surface area contributed by atoms with Crippen molar-refractivity contribution >= 4 is 11.0 Å². The van der Waals surface area contributed by atoms with Crippen LogP contribution in [-0.4, -0.2) is 48.4 Å². The summed E-state index contributed by atoms with van der Waals surface area (Å²) < 4.78 is 16.0. The molecule has 25 heavy (non-hydrogen) atoms. The number of rotatable bonds is 3. The summed E-state index contributed by atoms with van der Waals surface area (Å²) in [6.07, 6.45) is 9.67. The Kier molecular flexibility index (Phi) is 9.86. The lowest BCUT2D eigenvalue weighted by molar-refractivity contribution is 0.0513. The number of imidazole rings is 1. The fraction of sp³-hybridized carbons (Fsp3) is 0.833. The Morgan fingerprint density at radius 1 is 1.28 bits per heavy atom. The monoisotopic (exact) mass is 372 g/mol. The molecule has 0 aromatic carbocycles. The van der Waals surface area contributed by atoms with Crippen LogP contribution in [0.4, 0.5) is 0 Å². The minimum Gasteiger partial charge on any atom is -0.393 e. The highest BCUT2D eigenvalue weighted by molar-refractivity contribution is 7.82. The van der Waals surface area contributed by atoms with Gasteiger partial charge in [0.15, 0.2) is 5.03 Å². The molecule has 1 unspecified atom stereocenters. The molecule has 2 saturated carbocycles. The molecule has 0 spiro atoms. The third-order valence-corrected chi connectivity index (χ3v) is 6.12. The van der Waals surface area contributed by atoms with E-state index in [9.17, 15) is 4.21 Å². The van der Waals surface area contributed by atoms with E-state index >= 15 is 0 Å². The zero-order chi connectivity index (χ0) is 19.0. The first kappa shape index (κ1) is 22.3. The van der Waals surface area contributed by atoms with Crippen molar-refractivity contribution in [3.8, 4) is 0 Å². The van der Waals surface area contributed by atoms with Crippen LogP contribution in [0.5, 0.6) is 0 Å². The Bertz CT molecular complexity index is 503. The quantitative estimate of drug-likeness (QED) is 0.853. The van der Waals surface area contributed by atoms with Gasteiger partial charge in [0.2, 0.25) is 0 Å². The lowest BCUT2D eigenvalue weighted by atomic mass is 9.84. The lowest BCUT2D eigenvalue weighted by Crippen LogP contribution is -2.39. The molecule has 2 aliphatic rings. The van der Waals surface area contributed by atoms with Crippen LogP contribution in [0.3, 0.4) is 0 Å². The van der Waals surface area contributed by atoms with Crippen LogP contribution in [0.25, 0.3) is 0 Å². The van der Waals surface area contributed by atoms with Gasteiger partial charge in [-0.15, -0.1) is 0 Å². The third kappa shape index (κ3) is 7.17. The van der Waals surface area contributed by atoms with Crippen molar-refractivity contribution in [1.29, 1.82) is 0 Å². The topological polar surface area (TPSA) is 84.4 Å². The molecule has 0 saturated heterocycles. The van der Waals surface area contributed by atoms with E-state index in [2.05, 4.69) is 11.9 Å². The second-order valence-corrected chi connectivity index (χ2v) is 8.46. The van der Waals surface area contributed by atoms with E-state index in [1.165, 1.54) is 0 Å². The van der Waals surface area contributed by atoms with E-state index in [-0.39, 0.29) is 6.10 Å². The number of aryl methyl sites for hydroxylation is 1. The van der Waals surface area contributed by atoms with Gasteiger partial charge in [0.05, 0.1) is 12.4 Å². The highest BCUT2D eigenvalue weighted by Crippen LogP contribution is 2.25. The van der Waals surface area contributed by atoms with E-state index in [1.807, 2.05) is 36.8 Å². The number of hydrogen-bond donors (Lipinski definition) is 2.